The quantitative estimate of drug-likeness (QED) is 0.476. The minimum atomic E-state index is -1.14. The number of hydrogen-bond acceptors (Lipinski definition) is 6. The number of alkyl carbamates (subject to hydrolysis) is 1. The molecule has 27 heavy (non-hydrogen) atoms. The lowest BCUT2D eigenvalue weighted by Crippen LogP contribution is -2.44. The van der Waals surface area contributed by atoms with Gasteiger partial charge >= 0.3 is 12.1 Å². The Bertz CT molecular complexity index is 591. The number of aliphatic carboxylic acids is 1. The van der Waals surface area contributed by atoms with Crippen molar-refractivity contribution in [1.82, 2.24) is 10.2 Å². The van der Waals surface area contributed by atoms with Crippen molar-refractivity contribution in [3.05, 3.63) is 35.4 Å². The third kappa shape index (κ3) is 9.37. The highest BCUT2D eigenvalue weighted by atomic mass is 16.6. The number of carboxylic acid groups (broad SMARTS) is 1. The number of aliphatic hydroxyl groups excluding tert-OH is 2. The molecule has 0 saturated heterocycles. The summed E-state index contributed by atoms with van der Waals surface area (Å²) in [5.41, 5.74) is 1.04. The van der Waals surface area contributed by atoms with E-state index in [2.05, 4.69) is 5.32 Å². The molecule has 8 nitrogen and oxygen atoms in total. The van der Waals surface area contributed by atoms with Gasteiger partial charge < -0.3 is 25.4 Å². The van der Waals surface area contributed by atoms with E-state index in [9.17, 15) is 14.7 Å². The van der Waals surface area contributed by atoms with Gasteiger partial charge in [0.1, 0.15) is 11.6 Å². The van der Waals surface area contributed by atoms with Gasteiger partial charge in [0.2, 0.25) is 0 Å². The van der Waals surface area contributed by atoms with Crippen LogP contribution in [0.15, 0.2) is 24.3 Å². The highest BCUT2D eigenvalue weighted by molar-refractivity contribution is 5.80. The molecule has 0 radical (unpaired) electrons. The first-order valence-corrected chi connectivity index (χ1v) is 8.89. The number of rotatable bonds is 10. The molecule has 0 fully saturated rings. The van der Waals surface area contributed by atoms with Crippen LogP contribution >= 0.6 is 0 Å². The third-order valence-corrected chi connectivity index (χ3v) is 3.69. The Kier molecular flexibility index (Phi) is 9.20. The first-order valence-electron chi connectivity index (χ1n) is 8.89. The van der Waals surface area contributed by atoms with Crippen molar-refractivity contribution in [3.8, 4) is 0 Å². The van der Waals surface area contributed by atoms with Crippen LogP contribution in [-0.2, 0) is 22.5 Å². The van der Waals surface area contributed by atoms with Crippen molar-refractivity contribution in [2.24, 2.45) is 0 Å². The lowest BCUT2D eigenvalue weighted by molar-refractivity contribution is -0.139. The second-order valence-electron chi connectivity index (χ2n) is 7.28. The zero-order valence-electron chi connectivity index (χ0n) is 16.1. The maximum atomic E-state index is 11.8. The topological polar surface area (TPSA) is 119 Å². The largest absolute Gasteiger partial charge is 0.480 e. The number of benzene rings is 1. The first kappa shape index (κ1) is 22.9. The zero-order chi connectivity index (χ0) is 20.4. The van der Waals surface area contributed by atoms with Crippen LogP contribution < -0.4 is 5.32 Å². The molecule has 152 valence electrons. The Labute approximate surface area is 159 Å². The van der Waals surface area contributed by atoms with Crippen molar-refractivity contribution in [2.45, 2.75) is 45.4 Å². The van der Waals surface area contributed by atoms with Gasteiger partial charge in [-0.25, -0.2) is 9.59 Å². The van der Waals surface area contributed by atoms with Crippen LogP contribution in [0.1, 0.15) is 31.9 Å². The molecule has 0 aromatic heterocycles. The molecular formula is C19H30N2O6. The van der Waals surface area contributed by atoms with Crippen molar-refractivity contribution in [2.75, 3.05) is 26.3 Å². The Morgan fingerprint density at radius 1 is 1.07 bits per heavy atom. The number of carboxylic acids is 1. The lowest BCUT2D eigenvalue weighted by atomic mass is 10.0. The highest BCUT2D eigenvalue weighted by Crippen LogP contribution is 2.11. The molecule has 1 rings (SSSR count). The van der Waals surface area contributed by atoms with Crippen LogP contribution in [0.3, 0.4) is 0 Å². The van der Waals surface area contributed by atoms with Crippen molar-refractivity contribution in [1.29, 1.82) is 0 Å². The molecule has 0 saturated carbocycles. The number of amides is 1. The molecule has 1 amide bonds. The summed E-state index contributed by atoms with van der Waals surface area (Å²) in [6.45, 7) is 6.63. The monoisotopic (exact) mass is 382 g/mol. The first-order chi connectivity index (χ1) is 12.6. The number of aliphatic hydroxyl groups is 2. The van der Waals surface area contributed by atoms with Gasteiger partial charge in [0.05, 0.1) is 13.2 Å². The molecule has 0 aliphatic rings. The van der Waals surface area contributed by atoms with Crippen LogP contribution in [0, 0.1) is 0 Å². The molecule has 1 atom stereocenters. The van der Waals surface area contributed by atoms with Crippen LogP contribution in [0.25, 0.3) is 0 Å². The molecule has 1 unspecified atom stereocenters. The molecule has 0 heterocycles. The van der Waals surface area contributed by atoms with E-state index in [1.807, 2.05) is 17.0 Å². The van der Waals surface area contributed by atoms with E-state index in [1.54, 1.807) is 32.9 Å². The smallest absolute Gasteiger partial charge is 0.408 e. The number of nitrogens with zero attached hydrogens (tertiary/aromatic N) is 1. The van der Waals surface area contributed by atoms with Gasteiger partial charge in [-0.3, -0.25) is 4.90 Å². The average Bonchev–Trinajstić information content (AvgIpc) is 2.54. The number of carbonyl (C=O) groups excluding carboxylic acids is 1. The minimum absolute atomic E-state index is 0.00864. The Balaban J connectivity index is 2.69. The predicted octanol–water partition coefficient (Wildman–Crippen LogP) is 0.994. The average molecular weight is 382 g/mol. The van der Waals surface area contributed by atoms with Gasteiger partial charge in [0.15, 0.2) is 0 Å². The molecule has 0 aliphatic heterocycles. The molecule has 1 aromatic rings. The molecule has 0 aliphatic carbocycles. The third-order valence-electron chi connectivity index (χ3n) is 3.69. The van der Waals surface area contributed by atoms with Crippen LogP contribution in [0.5, 0.6) is 0 Å². The van der Waals surface area contributed by atoms with Gasteiger partial charge in [-0.2, -0.15) is 0 Å². The standard InChI is InChI=1S/C19H30N2O6/c1-19(2,3)27-18(26)20-16(17(24)25)12-14-4-6-15(7-5-14)13-21(8-10-22)9-11-23/h4-7,16,22-23H,8-13H2,1-3H3,(H,20,26)(H,24,25). The van der Waals surface area contributed by atoms with E-state index in [1.165, 1.54) is 0 Å². The summed E-state index contributed by atoms with van der Waals surface area (Å²) in [4.78, 5) is 25.2. The summed E-state index contributed by atoms with van der Waals surface area (Å²) in [6.07, 6.45) is -0.638. The maximum absolute atomic E-state index is 11.8. The van der Waals surface area contributed by atoms with E-state index in [0.29, 0.717) is 19.6 Å². The van der Waals surface area contributed by atoms with Gasteiger partial charge in [-0.1, -0.05) is 24.3 Å². The van der Waals surface area contributed by atoms with Crippen LogP contribution in [-0.4, -0.2) is 70.2 Å². The summed E-state index contributed by atoms with van der Waals surface area (Å²) in [7, 11) is 0. The summed E-state index contributed by atoms with van der Waals surface area (Å²) in [6, 6.07) is 6.24. The van der Waals surface area contributed by atoms with Gasteiger partial charge in [-0.15, -0.1) is 0 Å². The fourth-order valence-corrected chi connectivity index (χ4v) is 2.48. The SMILES string of the molecule is CC(C)(C)OC(=O)NC(Cc1ccc(CN(CCO)CCO)cc1)C(=O)O. The van der Waals surface area contributed by atoms with E-state index in [4.69, 9.17) is 14.9 Å². The molecule has 8 heteroatoms. The van der Waals surface area contributed by atoms with Gasteiger partial charge in [0, 0.05) is 26.1 Å². The van der Waals surface area contributed by atoms with Crippen molar-refractivity contribution in [3.63, 3.8) is 0 Å². The lowest BCUT2D eigenvalue weighted by Gasteiger charge is -2.22. The van der Waals surface area contributed by atoms with Crippen LogP contribution in [0.4, 0.5) is 4.79 Å². The van der Waals surface area contributed by atoms with Gasteiger partial charge in [0.25, 0.3) is 0 Å². The molecule has 1 aromatic carbocycles. The number of ether oxygens (including phenoxy) is 1. The zero-order valence-corrected chi connectivity index (χ0v) is 16.1. The number of nitrogens with one attached hydrogen (secondary N) is 1. The maximum Gasteiger partial charge on any atom is 0.408 e. The fourth-order valence-electron chi connectivity index (χ4n) is 2.48. The Morgan fingerprint density at radius 3 is 2.04 bits per heavy atom. The Morgan fingerprint density at radius 2 is 1.59 bits per heavy atom. The summed E-state index contributed by atoms with van der Waals surface area (Å²) in [5, 5.41) is 29.8. The Hall–Kier alpha value is -2.16. The predicted molar refractivity (Wildman–Crippen MR) is 100 cm³/mol. The summed E-state index contributed by atoms with van der Waals surface area (Å²) >= 11 is 0. The second-order valence-corrected chi connectivity index (χ2v) is 7.28. The minimum Gasteiger partial charge on any atom is -0.480 e. The molecular weight excluding hydrogens is 352 g/mol. The summed E-state index contributed by atoms with van der Waals surface area (Å²) in [5.74, 6) is -1.14. The number of carbonyl (C=O) groups is 2. The molecule has 0 bridgehead atoms. The van der Waals surface area contributed by atoms with E-state index in [0.717, 1.165) is 11.1 Å². The van der Waals surface area contributed by atoms with E-state index < -0.39 is 23.7 Å². The number of hydrogen-bond donors (Lipinski definition) is 4. The van der Waals surface area contributed by atoms with E-state index in [-0.39, 0.29) is 19.6 Å². The fraction of sp³-hybridized carbons (Fsp3) is 0.579. The molecule has 4 N–H and O–H groups in total. The summed E-state index contributed by atoms with van der Waals surface area (Å²) < 4.78 is 5.11. The van der Waals surface area contributed by atoms with Gasteiger partial charge in [-0.05, 0) is 31.9 Å². The van der Waals surface area contributed by atoms with Crippen molar-refractivity contribution < 1.29 is 29.6 Å². The van der Waals surface area contributed by atoms with Crippen LogP contribution in [0.2, 0.25) is 0 Å². The highest BCUT2D eigenvalue weighted by Gasteiger charge is 2.24. The molecule has 0 spiro atoms. The van der Waals surface area contributed by atoms with E-state index >= 15 is 0 Å². The second kappa shape index (κ2) is 10.9. The normalized spacial score (nSPS) is 12.7. The van der Waals surface area contributed by atoms with Crippen molar-refractivity contribution >= 4 is 12.1 Å².